The Hall–Kier alpha value is -0.0800. The first kappa shape index (κ1) is 10.0. The van der Waals surface area contributed by atoms with Gasteiger partial charge in [-0.1, -0.05) is 19.8 Å². The molecule has 2 unspecified atom stereocenters. The summed E-state index contributed by atoms with van der Waals surface area (Å²) < 4.78 is 5.71. The summed E-state index contributed by atoms with van der Waals surface area (Å²) in [7, 11) is 0. The highest BCUT2D eigenvalue weighted by atomic mass is 16.5. The molecule has 0 spiro atoms. The summed E-state index contributed by atoms with van der Waals surface area (Å²) in [5, 5.41) is 0. The minimum absolute atomic E-state index is 0.528. The van der Waals surface area contributed by atoms with Crippen molar-refractivity contribution in [3.63, 3.8) is 0 Å². The van der Waals surface area contributed by atoms with Crippen molar-refractivity contribution < 1.29 is 4.74 Å². The highest BCUT2D eigenvalue weighted by Gasteiger charge is 2.18. The third-order valence-corrected chi connectivity index (χ3v) is 2.59. The quantitative estimate of drug-likeness (QED) is 0.656. The maximum atomic E-state index is 5.71. The first-order valence-corrected chi connectivity index (χ1v) is 5.14. The van der Waals surface area contributed by atoms with Gasteiger partial charge < -0.3 is 10.5 Å². The standard InChI is InChI=1S/C10H21NO/c1-9-4-2-5-10(8-9)12-7-3-6-11/h9-10H,2-8,11H2,1H3. The van der Waals surface area contributed by atoms with E-state index in [2.05, 4.69) is 6.92 Å². The predicted octanol–water partition coefficient (Wildman–Crippen LogP) is 1.93. The molecule has 0 radical (unpaired) electrons. The molecular weight excluding hydrogens is 150 g/mol. The van der Waals surface area contributed by atoms with Gasteiger partial charge in [-0.25, -0.2) is 0 Å². The second-order valence-electron chi connectivity index (χ2n) is 3.91. The van der Waals surface area contributed by atoms with Crippen molar-refractivity contribution in [3.05, 3.63) is 0 Å². The largest absolute Gasteiger partial charge is 0.378 e. The molecule has 2 heteroatoms. The van der Waals surface area contributed by atoms with Crippen LogP contribution in [0.2, 0.25) is 0 Å². The van der Waals surface area contributed by atoms with E-state index >= 15 is 0 Å². The van der Waals surface area contributed by atoms with Gasteiger partial charge in [0.2, 0.25) is 0 Å². The molecule has 0 saturated heterocycles. The van der Waals surface area contributed by atoms with Crippen LogP contribution in [0.5, 0.6) is 0 Å². The lowest BCUT2D eigenvalue weighted by Gasteiger charge is -2.26. The second kappa shape index (κ2) is 5.55. The molecule has 1 aliphatic carbocycles. The van der Waals surface area contributed by atoms with E-state index in [0.717, 1.165) is 25.5 Å². The van der Waals surface area contributed by atoms with Gasteiger partial charge in [-0.3, -0.25) is 0 Å². The average molecular weight is 171 g/mol. The average Bonchev–Trinajstić information content (AvgIpc) is 2.05. The summed E-state index contributed by atoms with van der Waals surface area (Å²) in [6.07, 6.45) is 6.77. The van der Waals surface area contributed by atoms with Crippen LogP contribution in [0.4, 0.5) is 0 Å². The molecule has 0 aromatic heterocycles. The molecule has 0 heterocycles. The van der Waals surface area contributed by atoms with Gasteiger partial charge in [-0.05, 0) is 31.7 Å². The monoisotopic (exact) mass is 171 g/mol. The fraction of sp³-hybridized carbons (Fsp3) is 1.00. The Morgan fingerprint density at radius 3 is 2.92 bits per heavy atom. The lowest BCUT2D eigenvalue weighted by molar-refractivity contribution is 0.0153. The van der Waals surface area contributed by atoms with Crippen LogP contribution < -0.4 is 5.73 Å². The SMILES string of the molecule is CC1CCCC(OCCCN)C1. The maximum Gasteiger partial charge on any atom is 0.0577 e. The van der Waals surface area contributed by atoms with Crippen LogP contribution in [-0.4, -0.2) is 19.3 Å². The molecule has 0 bridgehead atoms. The van der Waals surface area contributed by atoms with Crippen LogP contribution in [-0.2, 0) is 4.74 Å². The Balaban J connectivity index is 2.06. The van der Waals surface area contributed by atoms with Crippen molar-refractivity contribution in [1.29, 1.82) is 0 Å². The molecule has 72 valence electrons. The van der Waals surface area contributed by atoms with E-state index in [4.69, 9.17) is 10.5 Å². The highest BCUT2D eigenvalue weighted by molar-refractivity contribution is 4.70. The summed E-state index contributed by atoms with van der Waals surface area (Å²) in [5.41, 5.74) is 5.39. The van der Waals surface area contributed by atoms with E-state index in [0.29, 0.717) is 6.10 Å². The van der Waals surface area contributed by atoms with E-state index in [-0.39, 0.29) is 0 Å². The summed E-state index contributed by atoms with van der Waals surface area (Å²) >= 11 is 0. The van der Waals surface area contributed by atoms with Gasteiger partial charge in [-0.15, -0.1) is 0 Å². The smallest absolute Gasteiger partial charge is 0.0577 e. The Labute approximate surface area is 75.5 Å². The number of nitrogens with two attached hydrogens (primary N) is 1. The van der Waals surface area contributed by atoms with Crippen molar-refractivity contribution in [1.82, 2.24) is 0 Å². The van der Waals surface area contributed by atoms with Crippen LogP contribution in [0, 0.1) is 5.92 Å². The minimum atomic E-state index is 0.528. The molecule has 1 fully saturated rings. The summed E-state index contributed by atoms with van der Waals surface area (Å²) in [5.74, 6) is 0.863. The molecule has 1 aliphatic rings. The molecule has 1 rings (SSSR count). The highest BCUT2D eigenvalue weighted by Crippen LogP contribution is 2.25. The van der Waals surface area contributed by atoms with E-state index in [1.807, 2.05) is 0 Å². The van der Waals surface area contributed by atoms with E-state index in [9.17, 15) is 0 Å². The lowest BCUT2D eigenvalue weighted by Crippen LogP contribution is -2.22. The molecule has 2 atom stereocenters. The van der Waals surface area contributed by atoms with Crippen LogP contribution in [0.1, 0.15) is 39.0 Å². The minimum Gasteiger partial charge on any atom is -0.378 e. The van der Waals surface area contributed by atoms with Crippen LogP contribution in [0.15, 0.2) is 0 Å². The summed E-state index contributed by atoms with van der Waals surface area (Å²) in [6.45, 7) is 3.93. The van der Waals surface area contributed by atoms with Crippen molar-refractivity contribution in [2.75, 3.05) is 13.2 Å². The van der Waals surface area contributed by atoms with Gasteiger partial charge in [-0.2, -0.15) is 0 Å². The maximum absolute atomic E-state index is 5.71. The molecule has 12 heavy (non-hydrogen) atoms. The molecule has 0 aromatic carbocycles. The normalized spacial score (nSPS) is 30.5. The molecule has 2 nitrogen and oxygen atoms in total. The zero-order chi connectivity index (χ0) is 8.81. The van der Waals surface area contributed by atoms with E-state index < -0.39 is 0 Å². The van der Waals surface area contributed by atoms with Crippen LogP contribution in [0.25, 0.3) is 0 Å². The van der Waals surface area contributed by atoms with Crippen molar-refractivity contribution in [3.8, 4) is 0 Å². The van der Waals surface area contributed by atoms with Gasteiger partial charge in [0.25, 0.3) is 0 Å². The van der Waals surface area contributed by atoms with Gasteiger partial charge in [0.1, 0.15) is 0 Å². The number of ether oxygens (including phenoxy) is 1. The summed E-state index contributed by atoms with van der Waals surface area (Å²) in [6, 6.07) is 0. The molecular formula is C10H21NO. The Kier molecular flexibility index (Phi) is 4.62. The van der Waals surface area contributed by atoms with Crippen molar-refractivity contribution in [2.24, 2.45) is 11.7 Å². The van der Waals surface area contributed by atoms with Gasteiger partial charge in [0.15, 0.2) is 0 Å². The van der Waals surface area contributed by atoms with Gasteiger partial charge in [0.05, 0.1) is 6.10 Å². The van der Waals surface area contributed by atoms with Crippen molar-refractivity contribution in [2.45, 2.75) is 45.1 Å². The summed E-state index contributed by atoms with van der Waals surface area (Å²) in [4.78, 5) is 0. The lowest BCUT2D eigenvalue weighted by atomic mass is 9.89. The third-order valence-electron chi connectivity index (χ3n) is 2.59. The molecule has 2 N–H and O–H groups in total. The van der Waals surface area contributed by atoms with E-state index in [1.165, 1.54) is 25.7 Å². The van der Waals surface area contributed by atoms with Crippen LogP contribution in [0.3, 0.4) is 0 Å². The number of hydrogen-bond donors (Lipinski definition) is 1. The fourth-order valence-electron chi connectivity index (χ4n) is 1.86. The third kappa shape index (κ3) is 3.55. The number of rotatable bonds is 4. The Bertz CT molecular complexity index is 116. The zero-order valence-electron chi connectivity index (χ0n) is 8.09. The topological polar surface area (TPSA) is 35.2 Å². The Morgan fingerprint density at radius 2 is 2.25 bits per heavy atom. The molecule has 0 aromatic rings. The molecule has 0 amide bonds. The first-order valence-electron chi connectivity index (χ1n) is 5.14. The number of hydrogen-bond acceptors (Lipinski definition) is 2. The second-order valence-corrected chi connectivity index (χ2v) is 3.91. The van der Waals surface area contributed by atoms with Gasteiger partial charge >= 0.3 is 0 Å². The molecule has 1 saturated carbocycles. The van der Waals surface area contributed by atoms with Crippen LogP contribution >= 0.6 is 0 Å². The van der Waals surface area contributed by atoms with E-state index in [1.54, 1.807) is 0 Å². The zero-order valence-corrected chi connectivity index (χ0v) is 8.09. The predicted molar refractivity (Wildman–Crippen MR) is 51.0 cm³/mol. The fourth-order valence-corrected chi connectivity index (χ4v) is 1.86. The van der Waals surface area contributed by atoms with Gasteiger partial charge in [0, 0.05) is 6.61 Å². The Morgan fingerprint density at radius 1 is 1.42 bits per heavy atom. The first-order chi connectivity index (χ1) is 5.83. The molecule has 0 aliphatic heterocycles. The van der Waals surface area contributed by atoms with Crippen molar-refractivity contribution >= 4 is 0 Å².